The summed E-state index contributed by atoms with van der Waals surface area (Å²) in [5.41, 5.74) is 0.726. The van der Waals surface area contributed by atoms with Gasteiger partial charge in [0.1, 0.15) is 17.1 Å². The fourth-order valence-corrected chi connectivity index (χ4v) is 8.52. The minimum absolute atomic E-state index is 0.00278. The van der Waals surface area contributed by atoms with Crippen molar-refractivity contribution in [3.8, 4) is 11.5 Å². The summed E-state index contributed by atoms with van der Waals surface area (Å²) in [6.07, 6.45) is 1.62. The Morgan fingerprint density at radius 1 is 1.05 bits per heavy atom. The number of fused-ring (bicyclic) bond motifs is 4. The van der Waals surface area contributed by atoms with Crippen molar-refractivity contribution in [3.05, 3.63) is 64.7 Å². The molecule has 3 N–H and O–H groups in total. The average molecular weight is 678 g/mol. The number of allylic oxidation sites excluding steroid dienone is 2. The van der Waals surface area contributed by atoms with E-state index in [1.165, 1.54) is 6.07 Å². The van der Waals surface area contributed by atoms with Gasteiger partial charge in [0, 0.05) is 17.5 Å². The van der Waals surface area contributed by atoms with E-state index in [4.69, 9.17) is 23.2 Å². The summed E-state index contributed by atoms with van der Waals surface area (Å²) in [6, 6.07) is 8.35. The number of carbonyl (C=O) groups excluding carboxylic acids is 4. The minimum atomic E-state index is -2.04. The van der Waals surface area contributed by atoms with Gasteiger partial charge in [-0.3, -0.25) is 24.1 Å². The molecule has 2 aliphatic heterocycles. The molecule has 13 heteroatoms. The van der Waals surface area contributed by atoms with Crippen LogP contribution in [0, 0.1) is 24.7 Å². The number of benzene rings is 2. The molecule has 2 aromatic carbocycles. The first-order chi connectivity index (χ1) is 19.8. The summed E-state index contributed by atoms with van der Waals surface area (Å²) in [4.78, 5) is 64.3. The van der Waals surface area contributed by atoms with Crippen LogP contribution in [0.1, 0.15) is 40.2 Å². The second kappa shape index (κ2) is 9.55. The Balaban J connectivity index is 1.51. The first-order valence-corrected chi connectivity index (χ1v) is 14.9. The molecule has 1 saturated carbocycles. The smallest absolute Gasteiger partial charge is 0.339 e. The number of aryl methyl sites for hydroxylation is 1. The second-order valence-corrected chi connectivity index (χ2v) is 12.8. The van der Waals surface area contributed by atoms with Gasteiger partial charge in [0.2, 0.25) is 11.8 Å². The van der Waals surface area contributed by atoms with Gasteiger partial charge in [0.25, 0.3) is 11.8 Å². The molecule has 0 spiro atoms. The normalized spacial score (nSPS) is 32.0. The summed E-state index contributed by atoms with van der Waals surface area (Å²) in [6.45, 7) is 1.67. The Kier molecular flexibility index (Phi) is 6.53. The topological polar surface area (TPSA) is 153 Å². The van der Waals surface area contributed by atoms with E-state index >= 15 is 0 Å². The second-order valence-electron chi connectivity index (χ2n) is 11.0. The molecule has 4 amide bonds. The lowest BCUT2D eigenvalue weighted by Gasteiger charge is -2.50. The molecule has 2 aliphatic carbocycles. The number of aromatic carboxylic acids is 1. The third-order valence-corrected chi connectivity index (χ3v) is 11.0. The molecule has 4 aliphatic rings. The molecule has 2 aromatic rings. The molecule has 2 saturated heterocycles. The number of anilines is 1. The highest BCUT2D eigenvalue weighted by Crippen LogP contribution is 2.66. The number of carboxylic acid groups (broad SMARTS) is 1. The molecule has 6 atom stereocenters. The van der Waals surface area contributed by atoms with Gasteiger partial charge in [-0.2, -0.15) is 0 Å². The highest BCUT2D eigenvalue weighted by molar-refractivity contribution is 9.09. The number of halogens is 3. The SMILES string of the molecule is Cc1cccc(C2C3=CCC4C(=O)N(c5ccc(C(=O)O)c(O)c5)C(=O)C4C3CC3(Cl)C(=O)N(CBr)C(=O)C23Cl)c1O. The molecule has 0 aromatic heterocycles. The van der Waals surface area contributed by atoms with E-state index < -0.39 is 74.3 Å². The van der Waals surface area contributed by atoms with Crippen LogP contribution in [0.3, 0.4) is 0 Å². The Morgan fingerprint density at radius 2 is 1.76 bits per heavy atom. The Hall–Kier alpha value is -3.41. The number of phenolic OH excluding ortho intramolecular Hbond substituents is 1. The van der Waals surface area contributed by atoms with Gasteiger partial charge in [-0.1, -0.05) is 45.8 Å². The standard InChI is InChI=1S/C29H23BrCl2N2O8/c1-12-3-2-4-17(22(12)36)21-14-7-8-16-20(18(14)10-28(31)26(41)33(11-30)27(42)29(21,28)32)24(38)34(23(16)37)13-5-6-15(25(39)40)19(35)9-13/h2-7,9,16,18,20-21,35-36H,8,10-11H2,1H3,(H,39,40). The van der Waals surface area contributed by atoms with Crippen LogP contribution in [0.25, 0.3) is 0 Å². The van der Waals surface area contributed by atoms with Crippen molar-refractivity contribution < 1.29 is 39.3 Å². The lowest BCUT2D eigenvalue weighted by molar-refractivity contribution is -0.138. The molecule has 0 bridgehead atoms. The predicted molar refractivity (Wildman–Crippen MR) is 154 cm³/mol. The van der Waals surface area contributed by atoms with Crippen molar-refractivity contribution in [1.82, 2.24) is 4.90 Å². The fourth-order valence-electron chi connectivity index (χ4n) is 7.11. The van der Waals surface area contributed by atoms with Crippen molar-refractivity contribution in [2.24, 2.45) is 17.8 Å². The van der Waals surface area contributed by atoms with Crippen LogP contribution >= 0.6 is 39.1 Å². The number of carboxylic acids is 1. The van der Waals surface area contributed by atoms with Crippen molar-refractivity contribution in [2.75, 3.05) is 10.4 Å². The fraction of sp³-hybridized carbons (Fsp3) is 0.345. The highest BCUT2D eigenvalue weighted by Gasteiger charge is 2.76. The number of nitrogens with zero attached hydrogens (tertiary/aromatic N) is 2. The summed E-state index contributed by atoms with van der Waals surface area (Å²) in [5, 5.41) is 30.7. The zero-order valence-electron chi connectivity index (χ0n) is 21.9. The molecule has 6 unspecified atom stereocenters. The van der Waals surface area contributed by atoms with Gasteiger partial charge in [-0.05, 0) is 43.4 Å². The van der Waals surface area contributed by atoms with E-state index in [9.17, 15) is 39.3 Å². The van der Waals surface area contributed by atoms with Crippen LogP contribution in [0.5, 0.6) is 11.5 Å². The van der Waals surface area contributed by atoms with Crippen molar-refractivity contribution in [2.45, 2.75) is 35.4 Å². The minimum Gasteiger partial charge on any atom is -0.507 e. The molecular weight excluding hydrogens is 655 g/mol. The number of likely N-dealkylation sites (tertiary alicyclic amines) is 1. The van der Waals surface area contributed by atoms with Crippen LogP contribution in [-0.2, 0) is 19.2 Å². The van der Waals surface area contributed by atoms with E-state index in [0.29, 0.717) is 11.1 Å². The Labute approximate surface area is 257 Å². The van der Waals surface area contributed by atoms with Crippen LogP contribution in [-0.4, -0.2) is 65.0 Å². The number of rotatable bonds is 4. The van der Waals surface area contributed by atoms with Crippen LogP contribution in [0.4, 0.5) is 5.69 Å². The quantitative estimate of drug-likeness (QED) is 0.190. The number of hydrogen-bond donors (Lipinski definition) is 3. The number of alkyl halides is 3. The summed E-state index contributed by atoms with van der Waals surface area (Å²) in [7, 11) is 0. The van der Waals surface area contributed by atoms with Gasteiger partial charge in [-0.25, -0.2) is 9.69 Å². The van der Waals surface area contributed by atoms with Gasteiger partial charge in [0.15, 0.2) is 9.75 Å². The number of imide groups is 2. The molecule has 42 heavy (non-hydrogen) atoms. The van der Waals surface area contributed by atoms with E-state index in [0.717, 1.165) is 21.9 Å². The molecule has 10 nitrogen and oxygen atoms in total. The Bertz CT molecular complexity index is 1660. The van der Waals surface area contributed by atoms with Crippen molar-refractivity contribution >= 4 is 74.4 Å². The number of aromatic hydroxyl groups is 2. The van der Waals surface area contributed by atoms with E-state index in [1.54, 1.807) is 31.2 Å². The van der Waals surface area contributed by atoms with Crippen molar-refractivity contribution in [3.63, 3.8) is 0 Å². The van der Waals surface area contributed by atoms with Gasteiger partial charge < -0.3 is 15.3 Å². The summed E-state index contributed by atoms with van der Waals surface area (Å²) in [5.74, 6) is -8.53. The van der Waals surface area contributed by atoms with E-state index in [1.807, 2.05) is 0 Å². The zero-order valence-corrected chi connectivity index (χ0v) is 25.0. The number of para-hydroxylation sites is 1. The molecular formula is C29H23BrCl2N2O8. The van der Waals surface area contributed by atoms with Gasteiger partial charge >= 0.3 is 5.97 Å². The Morgan fingerprint density at radius 3 is 2.40 bits per heavy atom. The number of phenols is 2. The molecule has 0 radical (unpaired) electrons. The van der Waals surface area contributed by atoms with E-state index in [2.05, 4.69) is 15.9 Å². The maximum Gasteiger partial charge on any atom is 0.339 e. The monoisotopic (exact) mass is 676 g/mol. The zero-order chi connectivity index (χ0) is 30.5. The first-order valence-electron chi connectivity index (χ1n) is 13.0. The molecule has 6 rings (SSSR count). The van der Waals surface area contributed by atoms with E-state index in [-0.39, 0.29) is 35.3 Å². The third kappa shape index (κ3) is 3.53. The number of hydrogen-bond acceptors (Lipinski definition) is 7. The number of carbonyl (C=O) groups is 5. The molecule has 218 valence electrons. The highest BCUT2D eigenvalue weighted by atomic mass is 79.9. The largest absolute Gasteiger partial charge is 0.507 e. The first kappa shape index (κ1) is 28.7. The molecule has 2 heterocycles. The third-order valence-electron chi connectivity index (χ3n) is 9.06. The van der Waals surface area contributed by atoms with Gasteiger partial charge in [-0.15, -0.1) is 23.2 Å². The van der Waals surface area contributed by atoms with Crippen LogP contribution < -0.4 is 4.90 Å². The number of amides is 4. The van der Waals surface area contributed by atoms with Crippen molar-refractivity contribution in [1.29, 1.82) is 0 Å². The molecule has 3 fully saturated rings. The predicted octanol–water partition coefficient (Wildman–Crippen LogP) is 4.02. The van der Waals surface area contributed by atoms with Crippen LogP contribution in [0.15, 0.2) is 48.0 Å². The van der Waals surface area contributed by atoms with Crippen LogP contribution in [0.2, 0.25) is 0 Å². The summed E-state index contributed by atoms with van der Waals surface area (Å²) >= 11 is 17.5. The lowest BCUT2D eigenvalue weighted by Crippen LogP contribution is -2.60. The lowest BCUT2D eigenvalue weighted by atomic mass is 9.56. The van der Waals surface area contributed by atoms with Gasteiger partial charge in [0.05, 0.1) is 23.0 Å². The maximum absolute atomic E-state index is 14.0. The maximum atomic E-state index is 14.0. The average Bonchev–Trinajstić information content (AvgIpc) is 3.28. The summed E-state index contributed by atoms with van der Waals surface area (Å²) < 4.78 is 0.